The number of halogens is 1. The van der Waals surface area contributed by atoms with E-state index in [0.29, 0.717) is 15.9 Å². The summed E-state index contributed by atoms with van der Waals surface area (Å²) < 4.78 is 2.49. The van der Waals surface area contributed by atoms with Gasteiger partial charge in [-0.15, -0.1) is 0 Å². The highest BCUT2D eigenvalue weighted by molar-refractivity contribution is 6.31. The van der Waals surface area contributed by atoms with Crippen molar-refractivity contribution in [1.29, 1.82) is 0 Å². The van der Waals surface area contributed by atoms with Gasteiger partial charge in [0.25, 0.3) is 5.56 Å². The summed E-state index contributed by atoms with van der Waals surface area (Å²) in [6.07, 6.45) is 0. The monoisotopic (exact) mass is 399 g/mol. The van der Waals surface area contributed by atoms with Crippen LogP contribution in [0.4, 0.5) is 0 Å². The highest BCUT2D eigenvalue weighted by Crippen LogP contribution is 2.19. The molecule has 1 atom stereocenters. The molecule has 0 radical (unpaired) electrons. The van der Waals surface area contributed by atoms with Crippen LogP contribution in [0, 0.1) is 0 Å². The minimum Gasteiger partial charge on any atom is -0.352 e. The molecule has 0 aliphatic heterocycles. The first-order chi connectivity index (χ1) is 13.3. The van der Waals surface area contributed by atoms with Crippen molar-refractivity contribution < 1.29 is 4.79 Å². The van der Waals surface area contributed by atoms with E-state index in [9.17, 15) is 14.4 Å². The summed E-state index contributed by atoms with van der Waals surface area (Å²) in [4.78, 5) is 38.8. The standard InChI is InChI=1S/C21H22ClN3O3/c1-13(2)23-19(26)14(3)25-18-11-16(22)9-10-17(18)20(27)24(21(25)28)12-15-7-5-4-6-8-15/h4-11,13-14H,12H2,1-3H3,(H,23,26)/t14-/m0/s1. The van der Waals surface area contributed by atoms with Crippen molar-refractivity contribution in [2.45, 2.75) is 39.4 Å². The molecule has 0 bridgehead atoms. The number of amides is 1. The second kappa shape index (κ2) is 8.02. The van der Waals surface area contributed by atoms with E-state index in [1.807, 2.05) is 44.2 Å². The number of carbonyl (C=O) groups excluding carboxylic acids is 1. The van der Waals surface area contributed by atoms with E-state index >= 15 is 0 Å². The molecule has 0 spiro atoms. The average Bonchev–Trinajstić information content (AvgIpc) is 2.65. The minimum atomic E-state index is -0.807. The molecule has 1 aromatic heterocycles. The lowest BCUT2D eigenvalue weighted by atomic mass is 10.2. The zero-order valence-corrected chi connectivity index (χ0v) is 16.7. The fourth-order valence-electron chi connectivity index (χ4n) is 3.15. The van der Waals surface area contributed by atoms with E-state index in [1.165, 1.54) is 4.57 Å². The molecule has 0 unspecified atom stereocenters. The van der Waals surface area contributed by atoms with Gasteiger partial charge < -0.3 is 5.32 Å². The molecule has 3 aromatic rings. The number of fused-ring (bicyclic) bond motifs is 1. The van der Waals surface area contributed by atoms with Gasteiger partial charge in [-0.2, -0.15) is 0 Å². The SMILES string of the molecule is CC(C)NC(=O)[C@H](C)n1c(=O)n(Cc2ccccc2)c(=O)c2ccc(Cl)cc21. The lowest BCUT2D eigenvalue weighted by Gasteiger charge is -2.20. The van der Waals surface area contributed by atoms with Gasteiger partial charge in [-0.3, -0.25) is 18.7 Å². The number of carbonyl (C=O) groups is 1. The third-order valence-corrected chi connectivity index (χ3v) is 4.75. The number of nitrogens with zero attached hydrogens (tertiary/aromatic N) is 2. The van der Waals surface area contributed by atoms with Gasteiger partial charge in [-0.1, -0.05) is 41.9 Å². The first-order valence-electron chi connectivity index (χ1n) is 9.08. The van der Waals surface area contributed by atoms with E-state index in [-0.39, 0.29) is 18.5 Å². The van der Waals surface area contributed by atoms with E-state index in [0.717, 1.165) is 10.1 Å². The smallest absolute Gasteiger partial charge is 0.332 e. The normalized spacial score (nSPS) is 12.3. The Morgan fingerprint density at radius 3 is 2.39 bits per heavy atom. The zero-order valence-electron chi connectivity index (χ0n) is 16.0. The molecule has 28 heavy (non-hydrogen) atoms. The van der Waals surface area contributed by atoms with Crippen molar-refractivity contribution in [3.63, 3.8) is 0 Å². The highest BCUT2D eigenvalue weighted by Gasteiger charge is 2.22. The van der Waals surface area contributed by atoms with Crippen LogP contribution in [0.3, 0.4) is 0 Å². The Morgan fingerprint density at radius 1 is 1.07 bits per heavy atom. The molecular weight excluding hydrogens is 378 g/mol. The molecule has 0 aliphatic rings. The second-order valence-corrected chi connectivity index (χ2v) is 7.47. The summed E-state index contributed by atoms with van der Waals surface area (Å²) >= 11 is 6.11. The fraction of sp³-hybridized carbons (Fsp3) is 0.286. The summed E-state index contributed by atoms with van der Waals surface area (Å²) in [6, 6.07) is 13.1. The van der Waals surface area contributed by atoms with Crippen LogP contribution in [-0.4, -0.2) is 21.1 Å². The maximum Gasteiger partial charge on any atom is 0.332 e. The quantitative estimate of drug-likeness (QED) is 0.716. The summed E-state index contributed by atoms with van der Waals surface area (Å²) in [5.74, 6) is -0.303. The number of nitrogens with one attached hydrogen (secondary N) is 1. The molecule has 7 heteroatoms. The highest BCUT2D eigenvalue weighted by atomic mass is 35.5. The van der Waals surface area contributed by atoms with Crippen molar-refractivity contribution >= 4 is 28.4 Å². The third-order valence-electron chi connectivity index (χ3n) is 4.51. The van der Waals surface area contributed by atoms with E-state index in [2.05, 4.69) is 5.32 Å². The molecule has 3 rings (SSSR count). The molecule has 1 amide bonds. The number of hydrogen-bond donors (Lipinski definition) is 1. The predicted octanol–water partition coefficient (Wildman–Crippen LogP) is 2.95. The largest absolute Gasteiger partial charge is 0.352 e. The Balaban J connectivity index is 2.26. The molecule has 0 saturated carbocycles. The molecule has 1 heterocycles. The maximum atomic E-state index is 13.3. The fourth-order valence-corrected chi connectivity index (χ4v) is 3.32. The van der Waals surface area contributed by atoms with Gasteiger partial charge in [-0.25, -0.2) is 4.79 Å². The van der Waals surface area contributed by atoms with Crippen molar-refractivity contribution in [2.24, 2.45) is 0 Å². The maximum absolute atomic E-state index is 13.3. The number of rotatable bonds is 5. The number of aromatic nitrogens is 2. The molecule has 146 valence electrons. The molecule has 0 aliphatic carbocycles. The molecule has 0 fully saturated rings. The van der Waals surface area contributed by atoms with Gasteiger partial charge in [0, 0.05) is 11.1 Å². The Kier molecular flexibility index (Phi) is 5.70. The van der Waals surface area contributed by atoms with Crippen LogP contribution in [0.15, 0.2) is 58.1 Å². The van der Waals surface area contributed by atoms with Gasteiger partial charge in [0.2, 0.25) is 5.91 Å². The van der Waals surface area contributed by atoms with Gasteiger partial charge in [0.15, 0.2) is 0 Å². The van der Waals surface area contributed by atoms with Crippen molar-refractivity contribution in [1.82, 2.24) is 14.5 Å². The topological polar surface area (TPSA) is 73.1 Å². The van der Waals surface area contributed by atoms with Gasteiger partial charge in [0.05, 0.1) is 17.4 Å². The summed E-state index contributed by atoms with van der Waals surface area (Å²) in [5, 5.41) is 3.54. The van der Waals surface area contributed by atoms with Crippen LogP contribution in [0.5, 0.6) is 0 Å². The van der Waals surface area contributed by atoms with E-state index in [4.69, 9.17) is 11.6 Å². The second-order valence-electron chi connectivity index (χ2n) is 7.03. The lowest BCUT2D eigenvalue weighted by molar-refractivity contribution is -0.124. The summed E-state index contributed by atoms with van der Waals surface area (Å²) in [5.41, 5.74) is 0.210. The Labute approximate surface area is 167 Å². The minimum absolute atomic E-state index is 0.0734. The molecule has 1 N–H and O–H groups in total. The first-order valence-corrected chi connectivity index (χ1v) is 9.46. The Bertz CT molecular complexity index is 1130. The Morgan fingerprint density at radius 2 is 1.75 bits per heavy atom. The van der Waals surface area contributed by atoms with Gasteiger partial charge in [-0.05, 0) is 44.5 Å². The van der Waals surface area contributed by atoms with Crippen molar-refractivity contribution in [3.8, 4) is 0 Å². The number of hydrogen-bond acceptors (Lipinski definition) is 3. The van der Waals surface area contributed by atoms with Crippen LogP contribution in [0.25, 0.3) is 10.9 Å². The molecule has 0 saturated heterocycles. The first kappa shape index (κ1) is 19.9. The van der Waals surface area contributed by atoms with Crippen molar-refractivity contribution in [3.05, 3.63) is 80.0 Å². The predicted molar refractivity (Wildman–Crippen MR) is 111 cm³/mol. The summed E-state index contributed by atoms with van der Waals surface area (Å²) in [7, 11) is 0. The van der Waals surface area contributed by atoms with Crippen LogP contribution in [-0.2, 0) is 11.3 Å². The van der Waals surface area contributed by atoms with Crippen molar-refractivity contribution in [2.75, 3.05) is 0 Å². The average molecular weight is 400 g/mol. The molecular formula is C21H22ClN3O3. The molecule has 2 aromatic carbocycles. The van der Waals surface area contributed by atoms with Crippen LogP contribution in [0.2, 0.25) is 5.02 Å². The van der Waals surface area contributed by atoms with Crippen LogP contribution < -0.4 is 16.6 Å². The lowest BCUT2D eigenvalue weighted by Crippen LogP contribution is -2.45. The van der Waals surface area contributed by atoms with Gasteiger partial charge in [0.1, 0.15) is 6.04 Å². The summed E-state index contributed by atoms with van der Waals surface area (Å²) in [6.45, 7) is 5.45. The number of benzene rings is 2. The van der Waals surface area contributed by atoms with Crippen LogP contribution >= 0.6 is 11.6 Å². The van der Waals surface area contributed by atoms with E-state index < -0.39 is 17.3 Å². The van der Waals surface area contributed by atoms with Gasteiger partial charge >= 0.3 is 5.69 Å². The molecule has 6 nitrogen and oxygen atoms in total. The van der Waals surface area contributed by atoms with E-state index in [1.54, 1.807) is 25.1 Å². The van der Waals surface area contributed by atoms with Crippen LogP contribution in [0.1, 0.15) is 32.4 Å². The third kappa shape index (κ3) is 3.87. The zero-order chi connectivity index (χ0) is 20.4. The Hall–Kier alpha value is -2.86.